The van der Waals surface area contributed by atoms with Gasteiger partial charge in [-0.15, -0.1) is 0 Å². The van der Waals surface area contributed by atoms with Crippen LogP contribution in [-0.2, 0) is 11.2 Å². The molecule has 2 unspecified atom stereocenters. The smallest absolute Gasteiger partial charge is 0.227 e. The number of nitrogens with one attached hydrogen (secondary N) is 1. The monoisotopic (exact) mass is 245 g/mol. The summed E-state index contributed by atoms with van der Waals surface area (Å²) in [5, 5.41) is 3.12. The standard InChI is InChI=1S/C15H19NO2/c1-10(11-6-7-11)16-15(17)13-8-12-4-2-3-5-14(12)18-9-13/h2-5,10-11,13H,6-9H2,1H3,(H,16,17). The number of benzene rings is 1. The third-order valence-corrected chi connectivity index (χ3v) is 3.95. The lowest BCUT2D eigenvalue weighted by Gasteiger charge is -2.25. The summed E-state index contributed by atoms with van der Waals surface area (Å²) in [5.74, 6) is 1.73. The molecule has 1 fully saturated rings. The third kappa shape index (κ3) is 2.35. The Balaban J connectivity index is 1.62. The number of hydrogen-bond donors (Lipinski definition) is 1. The first-order valence-corrected chi connectivity index (χ1v) is 6.75. The van der Waals surface area contributed by atoms with E-state index in [1.54, 1.807) is 0 Å². The van der Waals surface area contributed by atoms with Crippen molar-refractivity contribution < 1.29 is 9.53 Å². The van der Waals surface area contributed by atoms with E-state index >= 15 is 0 Å². The van der Waals surface area contributed by atoms with Gasteiger partial charge >= 0.3 is 0 Å². The molecule has 18 heavy (non-hydrogen) atoms. The predicted octanol–water partition coefficient (Wildman–Crippen LogP) is 2.15. The predicted molar refractivity (Wildman–Crippen MR) is 69.5 cm³/mol. The maximum atomic E-state index is 12.2. The van der Waals surface area contributed by atoms with Gasteiger partial charge in [0.25, 0.3) is 0 Å². The second kappa shape index (κ2) is 4.63. The van der Waals surface area contributed by atoms with Crippen molar-refractivity contribution in [1.29, 1.82) is 0 Å². The molecule has 1 heterocycles. The summed E-state index contributed by atoms with van der Waals surface area (Å²) in [6.45, 7) is 2.60. The van der Waals surface area contributed by atoms with Crippen LogP contribution in [0.1, 0.15) is 25.3 Å². The van der Waals surface area contributed by atoms with Crippen LogP contribution in [0.5, 0.6) is 5.75 Å². The Kier molecular flexibility index (Phi) is 2.98. The Hall–Kier alpha value is -1.51. The van der Waals surface area contributed by atoms with Crippen LogP contribution >= 0.6 is 0 Å². The lowest BCUT2D eigenvalue weighted by Crippen LogP contribution is -2.42. The third-order valence-electron chi connectivity index (χ3n) is 3.95. The average Bonchev–Trinajstić information content (AvgIpc) is 3.22. The van der Waals surface area contributed by atoms with Gasteiger partial charge in [-0.05, 0) is 43.7 Å². The first-order chi connectivity index (χ1) is 8.74. The highest BCUT2D eigenvalue weighted by molar-refractivity contribution is 5.80. The maximum absolute atomic E-state index is 12.2. The average molecular weight is 245 g/mol. The van der Waals surface area contributed by atoms with Crippen LogP contribution in [0.15, 0.2) is 24.3 Å². The summed E-state index contributed by atoms with van der Waals surface area (Å²) in [4.78, 5) is 12.2. The van der Waals surface area contributed by atoms with Crippen molar-refractivity contribution in [2.24, 2.45) is 11.8 Å². The Morgan fingerprint density at radius 2 is 2.17 bits per heavy atom. The minimum absolute atomic E-state index is 0.0406. The minimum Gasteiger partial charge on any atom is -0.492 e. The fourth-order valence-electron chi connectivity index (χ4n) is 2.55. The van der Waals surface area contributed by atoms with Gasteiger partial charge in [0.15, 0.2) is 0 Å². The van der Waals surface area contributed by atoms with Crippen LogP contribution in [0.3, 0.4) is 0 Å². The molecular weight excluding hydrogens is 226 g/mol. The molecule has 1 aromatic rings. The van der Waals surface area contributed by atoms with Gasteiger partial charge in [0.05, 0.1) is 5.92 Å². The molecule has 1 aliphatic carbocycles. The summed E-state index contributed by atoms with van der Waals surface area (Å²) >= 11 is 0. The van der Waals surface area contributed by atoms with Crippen molar-refractivity contribution >= 4 is 5.91 Å². The van der Waals surface area contributed by atoms with Gasteiger partial charge in [0, 0.05) is 6.04 Å². The van der Waals surface area contributed by atoms with Crippen molar-refractivity contribution in [3.63, 3.8) is 0 Å². The maximum Gasteiger partial charge on any atom is 0.227 e. The largest absolute Gasteiger partial charge is 0.492 e. The molecule has 1 N–H and O–H groups in total. The second-order valence-corrected chi connectivity index (χ2v) is 5.45. The highest BCUT2D eigenvalue weighted by Crippen LogP contribution is 2.33. The Morgan fingerprint density at radius 3 is 2.94 bits per heavy atom. The van der Waals surface area contributed by atoms with Crippen molar-refractivity contribution in [3.05, 3.63) is 29.8 Å². The van der Waals surface area contributed by atoms with Crippen LogP contribution in [0.25, 0.3) is 0 Å². The number of hydrogen-bond acceptors (Lipinski definition) is 2. The number of carbonyl (C=O) groups is 1. The molecule has 1 saturated carbocycles. The van der Waals surface area contributed by atoms with E-state index in [4.69, 9.17) is 4.74 Å². The van der Waals surface area contributed by atoms with Gasteiger partial charge < -0.3 is 10.1 Å². The van der Waals surface area contributed by atoms with Crippen molar-refractivity contribution in [2.45, 2.75) is 32.2 Å². The highest BCUT2D eigenvalue weighted by atomic mass is 16.5. The Labute approximate surface area is 108 Å². The zero-order chi connectivity index (χ0) is 12.5. The lowest BCUT2D eigenvalue weighted by molar-refractivity contribution is -0.127. The first kappa shape index (κ1) is 11.6. The Morgan fingerprint density at radius 1 is 1.39 bits per heavy atom. The number of para-hydroxylation sites is 1. The molecule has 3 nitrogen and oxygen atoms in total. The fraction of sp³-hybridized carbons (Fsp3) is 0.533. The van der Waals surface area contributed by atoms with E-state index < -0.39 is 0 Å². The molecular formula is C15H19NO2. The van der Waals surface area contributed by atoms with E-state index in [1.807, 2.05) is 24.3 Å². The van der Waals surface area contributed by atoms with Crippen LogP contribution in [0.4, 0.5) is 0 Å². The summed E-state index contributed by atoms with van der Waals surface area (Å²) in [6, 6.07) is 8.29. The van der Waals surface area contributed by atoms with Crippen LogP contribution in [-0.4, -0.2) is 18.6 Å². The summed E-state index contributed by atoms with van der Waals surface area (Å²) in [7, 11) is 0. The van der Waals surface area contributed by atoms with Crippen LogP contribution in [0, 0.1) is 11.8 Å². The zero-order valence-electron chi connectivity index (χ0n) is 10.7. The summed E-state index contributed by atoms with van der Waals surface area (Å²) in [5.41, 5.74) is 1.14. The van der Waals surface area contributed by atoms with Crippen molar-refractivity contribution in [1.82, 2.24) is 5.32 Å². The van der Waals surface area contributed by atoms with Gasteiger partial charge in [-0.25, -0.2) is 0 Å². The quantitative estimate of drug-likeness (QED) is 0.886. The lowest BCUT2D eigenvalue weighted by atomic mass is 9.95. The molecule has 0 radical (unpaired) electrons. The SMILES string of the molecule is CC(NC(=O)C1COc2ccccc2C1)C1CC1. The van der Waals surface area contributed by atoms with E-state index in [0.717, 1.165) is 17.7 Å². The molecule has 2 atom stereocenters. The first-order valence-electron chi connectivity index (χ1n) is 6.75. The molecule has 3 heteroatoms. The van der Waals surface area contributed by atoms with Crippen molar-refractivity contribution in [2.75, 3.05) is 6.61 Å². The number of carbonyl (C=O) groups excluding carboxylic acids is 1. The molecule has 0 bridgehead atoms. The minimum atomic E-state index is -0.0406. The van der Waals surface area contributed by atoms with Gasteiger partial charge in [-0.2, -0.15) is 0 Å². The van der Waals surface area contributed by atoms with E-state index in [-0.39, 0.29) is 11.8 Å². The normalized spacial score (nSPS) is 23.7. The molecule has 1 aliphatic heterocycles. The van der Waals surface area contributed by atoms with Gasteiger partial charge in [-0.1, -0.05) is 18.2 Å². The van der Waals surface area contributed by atoms with Gasteiger partial charge in [0.2, 0.25) is 5.91 Å². The second-order valence-electron chi connectivity index (χ2n) is 5.45. The fourth-order valence-corrected chi connectivity index (χ4v) is 2.55. The molecule has 0 saturated heterocycles. The number of fused-ring (bicyclic) bond motifs is 1. The van der Waals surface area contributed by atoms with E-state index in [1.165, 1.54) is 12.8 Å². The summed E-state index contributed by atoms with van der Waals surface area (Å²) < 4.78 is 5.65. The van der Waals surface area contributed by atoms with E-state index in [0.29, 0.717) is 18.6 Å². The van der Waals surface area contributed by atoms with Crippen molar-refractivity contribution in [3.8, 4) is 5.75 Å². The van der Waals surface area contributed by atoms with E-state index in [9.17, 15) is 4.79 Å². The van der Waals surface area contributed by atoms with Crippen LogP contribution < -0.4 is 10.1 Å². The Bertz CT molecular complexity index is 454. The summed E-state index contributed by atoms with van der Waals surface area (Å²) in [6.07, 6.45) is 3.30. The number of rotatable bonds is 3. The number of amides is 1. The van der Waals surface area contributed by atoms with Gasteiger partial charge in [0.1, 0.15) is 12.4 Å². The van der Waals surface area contributed by atoms with E-state index in [2.05, 4.69) is 12.2 Å². The molecule has 2 aliphatic rings. The molecule has 0 aromatic heterocycles. The van der Waals surface area contributed by atoms with Crippen LogP contribution in [0.2, 0.25) is 0 Å². The highest BCUT2D eigenvalue weighted by Gasteiger charge is 2.32. The molecule has 3 rings (SSSR count). The zero-order valence-corrected chi connectivity index (χ0v) is 10.7. The molecule has 96 valence electrons. The van der Waals surface area contributed by atoms with Gasteiger partial charge in [-0.3, -0.25) is 4.79 Å². The topological polar surface area (TPSA) is 38.3 Å². The number of ether oxygens (including phenoxy) is 1. The molecule has 1 amide bonds. The molecule has 0 spiro atoms. The molecule has 1 aromatic carbocycles.